The summed E-state index contributed by atoms with van der Waals surface area (Å²) >= 11 is 0. The van der Waals surface area contributed by atoms with Crippen molar-refractivity contribution < 1.29 is 43.4 Å². The molecule has 2 saturated heterocycles. The molecule has 0 bridgehead atoms. The van der Waals surface area contributed by atoms with E-state index < -0.39 is 76.7 Å². The highest BCUT2D eigenvalue weighted by molar-refractivity contribution is 5.95. The molecule has 0 radical (unpaired) electrons. The molecule has 2 aromatic carbocycles. The number of hydrogen-bond donors (Lipinski definition) is 6. The zero-order valence-electron chi connectivity index (χ0n) is 42.3. The first-order valence-corrected chi connectivity index (χ1v) is 24.9. The Morgan fingerprint density at radius 2 is 1.43 bits per heavy atom. The van der Waals surface area contributed by atoms with Crippen LogP contribution in [0.2, 0.25) is 0 Å². The van der Waals surface area contributed by atoms with Crippen LogP contribution in [-0.4, -0.2) is 111 Å². The van der Waals surface area contributed by atoms with Crippen molar-refractivity contribution in [3.05, 3.63) is 83.9 Å². The summed E-state index contributed by atoms with van der Waals surface area (Å²) in [6.45, 7) is 17.8. The quantitative estimate of drug-likeness (QED) is 0.0561. The molecule has 6 amide bonds. The Labute approximate surface area is 409 Å². The summed E-state index contributed by atoms with van der Waals surface area (Å²) < 4.78 is 10.9. The number of carbonyl (C=O) groups excluding carboxylic acids is 6. The molecule has 3 fully saturated rings. The molecule has 6 N–H and O–H groups in total. The Morgan fingerprint density at radius 1 is 0.812 bits per heavy atom. The van der Waals surface area contributed by atoms with Crippen LogP contribution < -0.4 is 26.6 Å². The van der Waals surface area contributed by atoms with Crippen molar-refractivity contribution in [1.82, 2.24) is 36.5 Å². The van der Waals surface area contributed by atoms with Crippen molar-refractivity contribution in [2.45, 2.75) is 180 Å². The van der Waals surface area contributed by atoms with Gasteiger partial charge < -0.3 is 46.2 Å². The fourth-order valence-electron chi connectivity index (χ4n) is 9.59. The Bertz CT molecular complexity index is 2050. The van der Waals surface area contributed by atoms with Crippen LogP contribution in [0.25, 0.3) is 0 Å². The highest BCUT2D eigenvalue weighted by Crippen LogP contribution is 2.37. The van der Waals surface area contributed by atoms with Crippen LogP contribution in [0.3, 0.4) is 0 Å². The van der Waals surface area contributed by atoms with Gasteiger partial charge in [0.05, 0.1) is 12.0 Å². The fourth-order valence-corrected chi connectivity index (χ4v) is 9.59. The lowest BCUT2D eigenvalue weighted by Crippen LogP contribution is -2.64. The van der Waals surface area contributed by atoms with Gasteiger partial charge in [-0.1, -0.05) is 86.7 Å². The number of nitrogens with zero attached hydrogens (tertiary/aromatic N) is 2. The number of benzene rings is 2. The van der Waals surface area contributed by atoms with Gasteiger partial charge in [0, 0.05) is 30.2 Å². The number of ether oxygens (including phenoxy) is 2. The molecule has 5 atom stereocenters. The topological polar surface area (TPSA) is 208 Å². The van der Waals surface area contributed by atoms with Gasteiger partial charge in [0.2, 0.25) is 23.6 Å². The fraction of sp³-hybridized carbons (Fsp3) is 0.623. The van der Waals surface area contributed by atoms with Gasteiger partial charge in [0.25, 0.3) is 0 Å². The molecule has 0 aromatic heterocycles. The van der Waals surface area contributed by atoms with Crippen LogP contribution in [0.1, 0.15) is 131 Å². The van der Waals surface area contributed by atoms with E-state index in [2.05, 4.69) is 40.4 Å². The normalized spacial score (nSPS) is 20.0. The van der Waals surface area contributed by atoms with Gasteiger partial charge in [-0.05, 0) is 136 Å². The minimum absolute atomic E-state index is 0.105. The number of rotatable bonds is 21. The highest BCUT2D eigenvalue weighted by Gasteiger charge is 2.47. The molecule has 16 heteroatoms. The molecule has 3 aliphatic rings. The van der Waals surface area contributed by atoms with Gasteiger partial charge in [-0.3, -0.25) is 19.2 Å². The first kappa shape index (κ1) is 54.5. The predicted molar refractivity (Wildman–Crippen MR) is 264 cm³/mol. The molecular weight excluding hydrogens is 879 g/mol. The van der Waals surface area contributed by atoms with Gasteiger partial charge in [0.1, 0.15) is 30.3 Å². The van der Waals surface area contributed by atoms with Crippen molar-refractivity contribution in [3.8, 4) is 0 Å². The molecule has 1 aliphatic carbocycles. The second kappa shape index (κ2) is 24.4. The third-order valence-electron chi connectivity index (χ3n) is 12.9. The molecule has 1 saturated carbocycles. The van der Waals surface area contributed by atoms with Gasteiger partial charge in [-0.25, -0.2) is 9.59 Å². The zero-order valence-corrected chi connectivity index (χ0v) is 42.3. The smallest absolute Gasteiger partial charge is 0.408 e. The zero-order chi connectivity index (χ0) is 50.5. The number of piperidine rings is 1. The lowest BCUT2D eigenvalue weighted by Gasteiger charge is -2.51. The van der Waals surface area contributed by atoms with E-state index in [9.17, 15) is 34.0 Å². The summed E-state index contributed by atoms with van der Waals surface area (Å²) in [7, 11) is 0. The summed E-state index contributed by atoms with van der Waals surface area (Å²) in [5, 5.41) is 27.0. The molecule has 380 valence electrons. The first-order valence-electron chi connectivity index (χ1n) is 24.9. The summed E-state index contributed by atoms with van der Waals surface area (Å²) in [6.07, 6.45) is 7.40. The number of nitrogens with one attached hydrogen (secondary N) is 5. The minimum atomic E-state index is -1.00. The van der Waals surface area contributed by atoms with Crippen molar-refractivity contribution >= 4 is 35.8 Å². The maximum atomic E-state index is 14.6. The molecule has 2 heterocycles. The van der Waals surface area contributed by atoms with Crippen LogP contribution in [0.5, 0.6) is 0 Å². The molecular formula is C53H79N7O9. The van der Waals surface area contributed by atoms with Crippen LogP contribution in [0.4, 0.5) is 9.59 Å². The Morgan fingerprint density at radius 3 is 2.03 bits per heavy atom. The Balaban J connectivity index is 1.29. The number of amides is 6. The van der Waals surface area contributed by atoms with Gasteiger partial charge in [-0.2, -0.15) is 5.06 Å². The molecule has 0 unspecified atom stereocenters. The molecule has 69 heavy (non-hydrogen) atoms. The van der Waals surface area contributed by atoms with E-state index in [0.29, 0.717) is 64.3 Å². The average molecular weight is 958 g/mol. The number of likely N-dealkylation sites (tertiary alicyclic amines) is 1. The lowest BCUT2D eigenvalue weighted by molar-refractivity contribution is -0.246. The first-order chi connectivity index (χ1) is 32.5. The average Bonchev–Trinajstić information content (AvgIpc) is 3.99. The molecule has 16 nitrogen and oxygen atoms in total. The lowest BCUT2D eigenvalue weighted by atomic mass is 9.79. The largest absolute Gasteiger partial charge is 0.445 e. The summed E-state index contributed by atoms with van der Waals surface area (Å²) in [4.78, 5) is 84.5. The van der Waals surface area contributed by atoms with E-state index in [1.54, 1.807) is 25.7 Å². The van der Waals surface area contributed by atoms with Crippen LogP contribution in [0.15, 0.2) is 72.8 Å². The monoisotopic (exact) mass is 958 g/mol. The Hall–Kier alpha value is -5.48. The number of carbonyl (C=O) groups is 6. The second-order valence-electron chi connectivity index (χ2n) is 21.8. The third kappa shape index (κ3) is 17.2. The number of alkyl carbamates (subject to hydrolysis) is 2. The van der Waals surface area contributed by atoms with Crippen molar-refractivity contribution in [2.75, 3.05) is 13.1 Å². The van der Waals surface area contributed by atoms with Gasteiger partial charge in [-0.15, -0.1) is 0 Å². The molecule has 5 rings (SSSR count). The minimum Gasteiger partial charge on any atom is -0.445 e. The van der Waals surface area contributed by atoms with E-state index in [4.69, 9.17) is 9.47 Å². The third-order valence-corrected chi connectivity index (χ3v) is 12.9. The molecule has 2 aromatic rings. The van der Waals surface area contributed by atoms with Crippen LogP contribution in [0, 0.1) is 17.8 Å². The van der Waals surface area contributed by atoms with Crippen molar-refractivity contribution in [2.24, 2.45) is 17.8 Å². The summed E-state index contributed by atoms with van der Waals surface area (Å²) in [5.74, 6) is -2.13. The van der Waals surface area contributed by atoms with Crippen LogP contribution in [-0.2, 0) is 41.7 Å². The van der Waals surface area contributed by atoms with E-state index in [1.807, 2.05) is 101 Å². The van der Waals surface area contributed by atoms with E-state index in [0.717, 1.165) is 11.1 Å². The SMILES string of the molecule is CC(C)C[C@@H](/C=C/[C@H](Cc1ccccc1)C(=O)N1CCC[C@H]1C(=O)N[C@H](C(=O)N[C@@H](CCCNC(=O)OCc1ccccc1)C(=O)NC1CC(C)(C)N(O)C(C)(C)C1)C1CC1)NC(=O)OC(C)(C)C. The van der Waals surface area contributed by atoms with Crippen molar-refractivity contribution in [1.29, 1.82) is 0 Å². The van der Waals surface area contributed by atoms with E-state index in [1.165, 1.54) is 5.06 Å². The standard InChI is InChI=1S/C53H79N7O9/c1-35(2)30-40(56-50(66)69-51(3,4)5)27-26-39(31-36-18-12-10-13-19-36)48(64)59-29-17-23-43(59)46(62)58-44(38-24-25-38)47(63)57-42(22-16-28-54-49(65)68-34-37-20-14-11-15-21-37)45(61)55-41-32-52(6,7)60(67)53(8,9)33-41/h10-15,18-21,26-27,35,38-44,67H,16-17,22-25,28-34H2,1-9H3,(H,54,65)(H,55,61)(H,56,66)(H,57,63)(H,58,62)/b27-26+/t39-,40-,42+,43+,44+/m1/s1. The van der Waals surface area contributed by atoms with E-state index in [-0.39, 0.29) is 43.4 Å². The maximum absolute atomic E-state index is 14.6. The summed E-state index contributed by atoms with van der Waals surface area (Å²) in [6, 6.07) is 15.5. The van der Waals surface area contributed by atoms with Gasteiger partial charge >= 0.3 is 12.2 Å². The number of hydroxylamine groups is 2. The van der Waals surface area contributed by atoms with Crippen LogP contribution >= 0.6 is 0 Å². The second-order valence-corrected chi connectivity index (χ2v) is 21.8. The Kier molecular flexibility index (Phi) is 19.2. The predicted octanol–water partition coefficient (Wildman–Crippen LogP) is 6.95. The van der Waals surface area contributed by atoms with Gasteiger partial charge in [0.15, 0.2) is 0 Å². The number of hydrogen-bond acceptors (Lipinski definition) is 10. The molecule has 2 aliphatic heterocycles. The summed E-state index contributed by atoms with van der Waals surface area (Å²) in [5.41, 5.74) is -0.165. The van der Waals surface area contributed by atoms with E-state index >= 15 is 0 Å². The maximum Gasteiger partial charge on any atom is 0.408 e. The highest BCUT2D eigenvalue weighted by atomic mass is 16.6. The van der Waals surface area contributed by atoms with Crippen molar-refractivity contribution in [3.63, 3.8) is 0 Å². The molecule has 0 spiro atoms.